The van der Waals surface area contributed by atoms with Crippen molar-refractivity contribution < 1.29 is 22.7 Å². The van der Waals surface area contributed by atoms with Crippen molar-refractivity contribution in [2.45, 2.75) is 45.6 Å². The third kappa shape index (κ3) is 6.19. The standard InChI is InChI=1S/C18H27ClN2O5S/c1-6-21(7-2)27(24,25)16-10-14(8-9-15(16)19)18(23)26-11-17(22)20-13(5)12(3)4/h8-10,12-13H,6-7,11H2,1-5H3,(H,20,22)/t13-/m1/s1. The van der Waals surface area contributed by atoms with Crippen molar-refractivity contribution in [2.75, 3.05) is 19.7 Å². The number of ether oxygens (including phenoxy) is 1. The van der Waals surface area contributed by atoms with E-state index in [-0.39, 0.29) is 40.5 Å². The van der Waals surface area contributed by atoms with Crippen molar-refractivity contribution in [1.82, 2.24) is 9.62 Å². The molecule has 0 aromatic heterocycles. The van der Waals surface area contributed by atoms with Gasteiger partial charge < -0.3 is 10.1 Å². The summed E-state index contributed by atoms with van der Waals surface area (Å²) >= 11 is 6.04. The molecular formula is C18H27ClN2O5S. The van der Waals surface area contributed by atoms with Crippen molar-refractivity contribution >= 4 is 33.5 Å². The van der Waals surface area contributed by atoms with Crippen LogP contribution in [0.5, 0.6) is 0 Å². The van der Waals surface area contributed by atoms with E-state index in [9.17, 15) is 18.0 Å². The molecule has 1 N–H and O–H groups in total. The second kappa shape index (κ2) is 10.1. The summed E-state index contributed by atoms with van der Waals surface area (Å²) in [5, 5.41) is 2.74. The van der Waals surface area contributed by atoms with Crippen LogP contribution in [0.25, 0.3) is 0 Å². The first-order valence-electron chi connectivity index (χ1n) is 8.80. The summed E-state index contributed by atoms with van der Waals surface area (Å²) in [5.74, 6) is -0.974. The molecule has 0 heterocycles. The van der Waals surface area contributed by atoms with Gasteiger partial charge in [0.2, 0.25) is 10.0 Å². The maximum Gasteiger partial charge on any atom is 0.338 e. The molecule has 0 aliphatic carbocycles. The number of benzene rings is 1. The number of esters is 1. The summed E-state index contributed by atoms with van der Waals surface area (Å²) in [7, 11) is -3.83. The van der Waals surface area contributed by atoms with Gasteiger partial charge >= 0.3 is 5.97 Å². The highest BCUT2D eigenvalue weighted by atomic mass is 35.5. The molecule has 0 bridgehead atoms. The minimum Gasteiger partial charge on any atom is -0.452 e. The molecule has 1 aromatic rings. The number of carbonyl (C=O) groups is 2. The fourth-order valence-corrected chi connectivity index (χ4v) is 4.17. The molecule has 27 heavy (non-hydrogen) atoms. The summed E-state index contributed by atoms with van der Waals surface area (Å²) in [6, 6.07) is 3.81. The van der Waals surface area contributed by atoms with Crippen LogP contribution in [0.2, 0.25) is 5.02 Å². The third-order valence-corrected chi connectivity index (χ3v) is 6.74. The number of sulfonamides is 1. The number of rotatable bonds is 9. The van der Waals surface area contributed by atoms with Crippen LogP contribution in [0.4, 0.5) is 0 Å². The number of amides is 1. The summed E-state index contributed by atoms with van der Waals surface area (Å²) in [4.78, 5) is 23.9. The topological polar surface area (TPSA) is 92.8 Å². The number of carbonyl (C=O) groups excluding carboxylic acids is 2. The molecule has 0 radical (unpaired) electrons. The van der Waals surface area contributed by atoms with E-state index in [4.69, 9.17) is 16.3 Å². The van der Waals surface area contributed by atoms with E-state index in [0.717, 1.165) is 0 Å². The van der Waals surface area contributed by atoms with Crippen molar-refractivity contribution in [3.8, 4) is 0 Å². The molecular weight excluding hydrogens is 392 g/mol. The molecule has 7 nitrogen and oxygen atoms in total. The number of nitrogens with zero attached hydrogens (tertiary/aromatic N) is 1. The van der Waals surface area contributed by atoms with Gasteiger partial charge in [0.25, 0.3) is 5.91 Å². The summed E-state index contributed by atoms with van der Waals surface area (Å²) in [5.41, 5.74) is 0.00911. The van der Waals surface area contributed by atoms with Gasteiger partial charge in [-0.05, 0) is 31.0 Å². The fourth-order valence-electron chi connectivity index (χ4n) is 2.21. The van der Waals surface area contributed by atoms with Gasteiger partial charge in [-0.3, -0.25) is 4.79 Å². The van der Waals surface area contributed by atoms with Crippen LogP contribution in [0, 0.1) is 5.92 Å². The lowest BCUT2D eigenvalue weighted by Gasteiger charge is -2.19. The molecule has 0 spiro atoms. The molecule has 0 fully saturated rings. The van der Waals surface area contributed by atoms with E-state index in [1.165, 1.54) is 22.5 Å². The van der Waals surface area contributed by atoms with Crippen LogP contribution in [-0.2, 0) is 19.6 Å². The van der Waals surface area contributed by atoms with Gasteiger partial charge in [-0.1, -0.05) is 39.3 Å². The van der Waals surface area contributed by atoms with E-state index < -0.39 is 28.5 Å². The Labute approximate surface area is 166 Å². The highest BCUT2D eigenvalue weighted by molar-refractivity contribution is 7.89. The van der Waals surface area contributed by atoms with Crippen LogP contribution in [-0.4, -0.2) is 50.3 Å². The predicted molar refractivity (Wildman–Crippen MR) is 104 cm³/mol. The largest absolute Gasteiger partial charge is 0.452 e. The SMILES string of the molecule is CCN(CC)S(=O)(=O)c1cc(C(=O)OCC(=O)N[C@H](C)C(C)C)ccc1Cl. The van der Waals surface area contributed by atoms with E-state index in [0.29, 0.717) is 0 Å². The fraction of sp³-hybridized carbons (Fsp3) is 0.556. The lowest BCUT2D eigenvalue weighted by molar-refractivity contribution is -0.125. The zero-order chi connectivity index (χ0) is 20.8. The Morgan fingerprint density at radius 2 is 1.78 bits per heavy atom. The van der Waals surface area contributed by atoms with Crippen molar-refractivity contribution in [2.24, 2.45) is 5.92 Å². The van der Waals surface area contributed by atoms with Crippen molar-refractivity contribution in [3.63, 3.8) is 0 Å². The Morgan fingerprint density at radius 3 is 2.30 bits per heavy atom. The van der Waals surface area contributed by atoms with Gasteiger partial charge in [-0.2, -0.15) is 4.31 Å². The molecule has 0 saturated heterocycles. The van der Waals surface area contributed by atoms with E-state index in [1.54, 1.807) is 13.8 Å². The molecule has 152 valence electrons. The average Bonchev–Trinajstić information content (AvgIpc) is 2.60. The maximum atomic E-state index is 12.7. The van der Waals surface area contributed by atoms with Crippen molar-refractivity contribution in [3.05, 3.63) is 28.8 Å². The van der Waals surface area contributed by atoms with Crippen LogP contribution < -0.4 is 5.32 Å². The number of hydrogen-bond donors (Lipinski definition) is 1. The highest BCUT2D eigenvalue weighted by Gasteiger charge is 2.26. The Kier molecular flexibility index (Phi) is 8.71. The molecule has 0 aliphatic heterocycles. The Hall–Kier alpha value is -1.64. The first kappa shape index (κ1) is 23.4. The normalized spacial score (nSPS) is 12.9. The molecule has 1 aromatic carbocycles. The summed E-state index contributed by atoms with van der Waals surface area (Å²) < 4.78 is 31.6. The Bertz CT molecular complexity index is 776. The second-order valence-electron chi connectivity index (χ2n) is 6.41. The first-order chi connectivity index (χ1) is 12.5. The maximum absolute atomic E-state index is 12.7. The van der Waals surface area contributed by atoms with Crippen LogP contribution in [0.3, 0.4) is 0 Å². The zero-order valence-corrected chi connectivity index (χ0v) is 17.9. The van der Waals surface area contributed by atoms with Crippen LogP contribution in [0.15, 0.2) is 23.1 Å². The first-order valence-corrected chi connectivity index (χ1v) is 10.6. The second-order valence-corrected chi connectivity index (χ2v) is 8.72. The summed E-state index contributed by atoms with van der Waals surface area (Å²) in [6.45, 7) is 9.30. The zero-order valence-electron chi connectivity index (χ0n) is 16.3. The van der Waals surface area contributed by atoms with E-state index >= 15 is 0 Å². The minimum atomic E-state index is -3.83. The van der Waals surface area contributed by atoms with E-state index in [2.05, 4.69) is 5.32 Å². The Balaban J connectivity index is 2.93. The van der Waals surface area contributed by atoms with Gasteiger partial charge in [0.1, 0.15) is 4.90 Å². The third-order valence-electron chi connectivity index (χ3n) is 4.21. The highest BCUT2D eigenvalue weighted by Crippen LogP contribution is 2.26. The van der Waals surface area contributed by atoms with Gasteiger partial charge in [0.05, 0.1) is 10.6 Å². The Morgan fingerprint density at radius 1 is 1.19 bits per heavy atom. The molecule has 0 aliphatic rings. The molecule has 1 atom stereocenters. The number of nitrogens with one attached hydrogen (secondary N) is 1. The molecule has 0 unspecified atom stereocenters. The lowest BCUT2D eigenvalue weighted by atomic mass is 10.1. The van der Waals surface area contributed by atoms with Gasteiger partial charge in [-0.15, -0.1) is 0 Å². The number of hydrogen-bond acceptors (Lipinski definition) is 5. The molecule has 1 amide bonds. The molecule has 1 rings (SSSR count). The van der Waals surface area contributed by atoms with Gasteiger partial charge in [-0.25, -0.2) is 13.2 Å². The quantitative estimate of drug-likeness (QED) is 0.622. The predicted octanol–water partition coefficient (Wildman–Crippen LogP) is 2.69. The van der Waals surface area contributed by atoms with Crippen molar-refractivity contribution in [1.29, 1.82) is 0 Å². The lowest BCUT2D eigenvalue weighted by Crippen LogP contribution is -2.38. The smallest absolute Gasteiger partial charge is 0.338 e. The van der Waals surface area contributed by atoms with E-state index in [1.807, 2.05) is 20.8 Å². The average molecular weight is 419 g/mol. The monoisotopic (exact) mass is 418 g/mol. The van der Waals surface area contributed by atoms with Gasteiger partial charge in [0.15, 0.2) is 6.61 Å². The molecule has 0 saturated carbocycles. The van der Waals surface area contributed by atoms with Gasteiger partial charge in [0, 0.05) is 19.1 Å². The summed E-state index contributed by atoms with van der Waals surface area (Å²) in [6.07, 6.45) is 0. The van der Waals surface area contributed by atoms with Crippen LogP contribution in [0.1, 0.15) is 45.0 Å². The molecule has 9 heteroatoms. The number of halogens is 1. The van der Waals surface area contributed by atoms with Crippen LogP contribution >= 0.6 is 11.6 Å². The minimum absolute atomic E-state index is 0.00911.